The van der Waals surface area contributed by atoms with Gasteiger partial charge in [0.1, 0.15) is 23.6 Å². The van der Waals surface area contributed by atoms with E-state index in [9.17, 15) is 24.6 Å². The lowest BCUT2D eigenvalue weighted by Crippen LogP contribution is -2.61. The topological polar surface area (TPSA) is 147 Å². The van der Waals surface area contributed by atoms with Crippen LogP contribution in [0, 0.1) is 17.8 Å². The first kappa shape index (κ1) is 31.6. The Hall–Kier alpha value is -2.83. The maximum atomic E-state index is 13.6. The maximum Gasteiger partial charge on any atom is 0.264 e. The summed E-state index contributed by atoms with van der Waals surface area (Å²) >= 11 is 0. The fourth-order valence-electron chi connectivity index (χ4n) is 6.82. The first-order valence-corrected chi connectivity index (χ1v) is 15.1. The number of aliphatic hydroxyl groups excluding tert-OH is 2. The van der Waals surface area contributed by atoms with Gasteiger partial charge in [0, 0.05) is 18.9 Å². The molecule has 0 aromatic carbocycles. The minimum Gasteiger partial charge on any atom is -0.507 e. The Kier molecular flexibility index (Phi) is 8.51. The lowest BCUT2D eigenvalue weighted by molar-refractivity contribution is -0.346. The molecule has 0 saturated carbocycles. The molecular weight excluding hydrogens is 556 g/mol. The van der Waals surface area contributed by atoms with Gasteiger partial charge in [-0.1, -0.05) is 44.6 Å². The lowest BCUT2D eigenvalue weighted by Gasteiger charge is -2.51. The number of aliphatic hydroxyl groups is 2. The van der Waals surface area contributed by atoms with Crippen LogP contribution in [0.25, 0.3) is 0 Å². The molecule has 11 nitrogen and oxygen atoms in total. The number of carbonyl (C=O) groups is 3. The van der Waals surface area contributed by atoms with Crippen molar-refractivity contribution >= 4 is 17.6 Å². The smallest absolute Gasteiger partial charge is 0.264 e. The zero-order valence-electron chi connectivity index (χ0n) is 25.9. The molecule has 5 rings (SSSR count). The molecule has 0 radical (unpaired) electrons. The van der Waals surface area contributed by atoms with Gasteiger partial charge in [0.05, 0.1) is 36.9 Å². The van der Waals surface area contributed by atoms with E-state index in [0.717, 1.165) is 5.57 Å². The lowest BCUT2D eigenvalue weighted by atomic mass is 9.82. The summed E-state index contributed by atoms with van der Waals surface area (Å²) in [6, 6.07) is -1.15. The molecule has 43 heavy (non-hydrogen) atoms. The van der Waals surface area contributed by atoms with E-state index in [4.69, 9.17) is 18.9 Å². The van der Waals surface area contributed by atoms with Crippen LogP contribution in [-0.4, -0.2) is 94.4 Å². The average Bonchev–Trinajstić information content (AvgIpc) is 3.71. The van der Waals surface area contributed by atoms with Gasteiger partial charge < -0.3 is 39.4 Å². The summed E-state index contributed by atoms with van der Waals surface area (Å²) in [5.74, 6) is -3.93. The number of hydrogen-bond acceptors (Lipinski definition) is 9. The summed E-state index contributed by atoms with van der Waals surface area (Å²) < 4.78 is 24.3. The number of nitrogens with one attached hydrogen (secondary N) is 1. The maximum absolute atomic E-state index is 13.6. The van der Waals surface area contributed by atoms with Gasteiger partial charge in [0.25, 0.3) is 5.91 Å². The van der Waals surface area contributed by atoms with Crippen LogP contribution in [0.3, 0.4) is 0 Å². The fraction of sp³-hybridized carbons (Fsp3) is 0.656. The Morgan fingerprint density at radius 3 is 2.51 bits per heavy atom. The van der Waals surface area contributed by atoms with E-state index >= 15 is 0 Å². The van der Waals surface area contributed by atoms with Crippen LogP contribution in [0.2, 0.25) is 0 Å². The van der Waals surface area contributed by atoms with Gasteiger partial charge in [-0.2, -0.15) is 0 Å². The van der Waals surface area contributed by atoms with Crippen LogP contribution < -0.4 is 5.32 Å². The highest BCUT2D eigenvalue weighted by Gasteiger charge is 2.66. The number of amides is 2. The third kappa shape index (κ3) is 5.50. The number of rotatable bonds is 7. The van der Waals surface area contributed by atoms with Crippen LogP contribution in [0.15, 0.2) is 47.3 Å². The molecule has 5 aliphatic heterocycles. The number of nitrogens with zero attached hydrogens (tertiary/aromatic N) is 1. The van der Waals surface area contributed by atoms with Gasteiger partial charge >= 0.3 is 0 Å². The molecule has 1 spiro atoms. The summed E-state index contributed by atoms with van der Waals surface area (Å²) in [6.45, 7) is 11.7. The molecule has 11 atom stereocenters. The molecule has 0 aromatic heterocycles. The van der Waals surface area contributed by atoms with E-state index < -0.39 is 65.1 Å². The van der Waals surface area contributed by atoms with Crippen LogP contribution in [-0.2, 0) is 33.3 Å². The molecule has 0 aromatic rings. The highest BCUT2D eigenvalue weighted by Crippen LogP contribution is 2.52. The number of epoxide rings is 1. The van der Waals surface area contributed by atoms with Gasteiger partial charge in [-0.05, 0) is 45.8 Å². The quantitative estimate of drug-likeness (QED) is 0.100. The summed E-state index contributed by atoms with van der Waals surface area (Å²) in [4.78, 5) is 41.1. The molecule has 11 heteroatoms. The second-order valence-corrected chi connectivity index (χ2v) is 12.7. The highest BCUT2D eigenvalue weighted by atomic mass is 16.8. The second kappa shape index (κ2) is 11.6. The number of allylic oxidation sites excluding steroid dienone is 3. The van der Waals surface area contributed by atoms with E-state index in [2.05, 4.69) is 31.3 Å². The molecule has 4 saturated heterocycles. The first-order valence-electron chi connectivity index (χ1n) is 15.1. The fourth-order valence-corrected chi connectivity index (χ4v) is 6.82. The number of hydrogen-bond donors (Lipinski definition) is 3. The van der Waals surface area contributed by atoms with E-state index in [1.54, 1.807) is 19.9 Å². The number of fused-ring (bicyclic) bond motifs is 3. The van der Waals surface area contributed by atoms with Crippen molar-refractivity contribution in [1.29, 1.82) is 0 Å². The number of ketones is 1. The second-order valence-electron chi connectivity index (χ2n) is 12.7. The van der Waals surface area contributed by atoms with Crippen molar-refractivity contribution in [3.63, 3.8) is 0 Å². The molecule has 5 heterocycles. The highest BCUT2D eigenvalue weighted by molar-refractivity contribution is 6.27. The monoisotopic (exact) mass is 600 g/mol. The SMILES string of the molecule is CNC(=O)C(C)C1C(=O)/C(=C(O)/C=C\C(C)=C\C(C)C2OC3(C)OC(C=CC34CO4)C2C)C(=O)N1C1CCC(O)C(C)O1. The predicted octanol–water partition coefficient (Wildman–Crippen LogP) is 2.46. The normalized spacial score (nSPS) is 42.0. The standard InChI is InChI=1S/C32H44N2O9/c1-16(14-17(2)28-18(3)23-12-13-32(15-40-32)31(6,42-23)43-28)8-9-22(36)25-27(37)26(19(4)29(38)33-7)34(30(25)39)24-11-10-21(35)20(5)41-24/h8-9,12-14,17-21,23-24,26,28,35-36H,10-11,15H2,1-7H3,(H,33,38)/b9-8-,16-14+,25-22+. The van der Waals surface area contributed by atoms with Crippen molar-refractivity contribution in [2.75, 3.05) is 13.7 Å². The Morgan fingerprint density at radius 2 is 1.88 bits per heavy atom. The van der Waals surface area contributed by atoms with E-state index in [-0.39, 0.29) is 29.6 Å². The van der Waals surface area contributed by atoms with Gasteiger partial charge in [-0.15, -0.1) is 0 Å². The third-order valence-corrected chi connectivity index (χ3v) is 9.67. The number of likely N-dealkylation sites (tertiary alicyclic amines) is 1. The Labute approximate surface area is 252 Å². The van der Waals surface area contributed by atoms with Crippen molar-refractivity contribution in [1.82, 2.24) is 10.2 Å². The first-order chi connectivity index (χ1) is 20.2. The van der Waals surface area contributed by atoms with E-state index in [0.29, 0.717) is 19.4 Å². The Morgan fingerprint density at radius 1 is 1.19 bits per heavy atom. The zero-order valence-corrected chi connectivity index (χ0v) is 25.9. The molecule has 4 fully saturated rings. The molecule has 11 unspecified atom stereocenters. The Bertz CT molecular complexity index is 1280. The van der Waals surface area contributed by atoms with Crippen LogP contribution in [0.4, 0.5) is 0 Å². The number of carbonyl (C=O) groups excluding carboxylic acids is 3. The van der Waals surface area contributed by atoms with E-state index in [1.807, 2.05) is 19.9 Å². The van der Waals surface area contributed by atoms with Crippen molar-refractivity contribution in [2.24, 2.45) is 17.8 Å². The third-order valence-electron chi connectivity index (χ3n) is 9.67. The van der Waals surface area contributed by atoms with Crippen LogP contribution in [0.5, 0.6) is 0 Å². The largest absolute Gasteiger partial charge is 0.507 e. The number of Topliss-reactive ketones (excluding diaryl/α,β-unsaturated/α-hetero) is 1. The molecule has 0 aliphatic carbocycles. The van der Waals surface area contributed by atoms with Gasteiger partial charge in [-0.25, -0.2) is 0 Å². The summed E-state index contributed by atoms with van der Waals surface area (Å²) in [5.41, 5.74) is -0.127. The average molecular weight is 601 g/mol. The molecule has 2 amide bonds. The predicted molar refractivity (Wildman–Crippen MR) is 155 cm³/mol. The molecule has 3 N–H and O–H groups in total. The van der Waals surface area contributed by atoms with Crippen LogP contribution >= 0.6 is 0 Å². The molecule has 236 valence electrons. The van der Waals surface area contributed by atoms with Crippen molar-refractivity contribution in [3.8, 4) is 0 Å². The molecule has 2 bridgehead atoms. The van der Waals surface area contributed by atoms with E-state index in [1.165, 1.54) is 18.0 Å². The summed E-state index contributed by atoms with van der Waals surface area (Å²) in [6.07, 6.45) is 7.46. The van der Waals surface area contributed by atoms with Crippen LogP contribution in [0.1, 0.15) is 54.4 Å². The minimum absolute atomic E-state index is 0.0220. The van der Waals surface area contributed by atoms with Gasteiger partial charge in [0.2, 0.25) is 11.7 Å². The van der Waals surface area contributed by atoms with Crippen molar-refractivity contribution < 1.29 is 43.5 Å². The zero-order chi connectivity index (χ0) is 31.4. The molecular formula is C32H44N2O9. The minimum atomic E-state index is -1.15. The Balaban J connectivity index is 1.36. The number of ether oxygens (including phenoxy) is 4. The van der Waals surface area contributed by atoms with Crippen molar-refractivity contribution in [2.45, 2.75) is 102 Å². The summed E-state index contributed by atoms with van der Waals surface area (Å²) in [7, 11) is 1.46. The van der Waals surface area contributed by atoms with Crippen molar-refractivity contribution in [3.05, 3.63) is 47.3 Å². The van der Waals surface area contributed by atoms with Gasteiger partial charge in [-0.3, -0.25) is 14.4 Å². The van der Waals surface area contributed by atoms with Gasteiger partial charge in [0.15, 0.2) is 11.4 Å². The molecule has 5 aliphatic rings. The summed E-state index contributed by atoms with van der Waals surface area (Å²) in [5, 5.41) is 23.7.